The predicted octanol–water partition coefficient (Wildman–Crippen LogP) is 4.33. The highest BCUT2D eigenvalue weighted by atomic mass is 32.2. The molecule has 9 heteroatoms. The van der Waals surface area contributed by atoms with Crippen molar-refractivity contribution in [2.75, 3.05) is 17.1 Å². The summed E-state index contributed by atoms with van der Waals surface area (Å²) in [6, 6.07) is 13.6. The molecule has 156 valence electrons. The van der Waals surface area contributed by atoms with Crippen LogP contribution in [0.15, 0.2) is 65.6 Å². The Balaban J connectivity index is 1.89. The quantitative estimate of drug-likeness (QED) is 0.607. The maximum absolute atomic E-state index is 13.4. The molecule has 0 spiro atoms. The second-order valence-corrected chi connectivity index (χ2v) is 8.02. The van der Waals surface area contributed by atoms with Crippen molar-refractivity contribution in [3.63, 3.8) is 0 Å². The zero-order chi connectivity index (χ0) is 21.9. The molecule has 0 atom stereocenters. The standard InChI is InChI=1S/C21H18F2N2O4S/c1-13-7-9-15(24-21(26)14-8-10-16(22)17(23)11-14)12-20(13)30(27,28)25-18-5-3-4-6-19(18)29-2/h3-12,25H,1-2H3,(H,24,26). The third-order valence-corrected chi connectivity index (χ3v) is 5.78. The molecule has 0 aliphatic carbocycles. The number of carbonyl (C=O) groups excluding carboxylic acids is 1. The molecule has 0 saturated carbocycles. The van der Waals surface area contributed by atoms with E-state index in [-0.39, 0.29) is 21.8 Å². The van der Waals surface area contributed by atoms with Gasteiger partial charge in [-0.3, -0.25) is 9.52 Å². The second-order valence-electron chi connectivity index (χ2n) is 6.37. The minimum absolute atomic E-state index is 0.0588. The van der Waals surface area contributed by atoms with E-state index in [1.807, 2.05) is 0 Å². The summed E-state index contributed by atoms with van der Waals surface area (Å²) in [5.41, 5.74) is 0.778. The smallest absolute Gasteiger partial charge is 0.262 e. The van der Waals surface area contributed by atoms with Crippen LogP contribution in [-0.2, 0) is 10.0 Å². The number of carbonyl (C=O) groups is 1. The molecule has 0 unspecified atom stereocenters. The number of nitrogens with one attached hydrogen (secondary N) is 2. The van der Waals surface area contributed by atoms with Crippen molar-refractivity contribution < 1.29 is 26.7 Å². The van der Waals surface area contributed by atoms with Crippen molar-refractivity contribution in [1.82, 2.24) is 0 Å². The van der Waals surface area contributed by atoms with Crippen molar-refractivity contribution in [3.8, 4) is 5.75 Å². The maximum Gasteiger partial charge on any atom is 0.262 e. The minimum atomic E-state index is -4.00. The Morgan fingerprint density at radius 3 is 2.40 bits per heavy atom. The molecule has 3 rings (SSSR count). The Bertz CT molecular complexity index is 1210. The van der Waals surface area contributed by atoms with Crippen LogP contribution in [0.1, 0.15) is 15.9 Å². The topological polar surface area (TPSA) is 84.5 Å². The van der Waals surface area contributed by atoms with Gasteiger partial charge in [-0.1, -0.05) is 18.2 Å². The summed E-state index contributed by atoms with van der Waals surface area (Å²) in [7, 11) is -2.58. The van der Waals surface area contributed by atoms with Crippen LogP contribution in [0.5, 0.6) is 5.75 Å². The molecular weight excluding hydrogens is 414 g/mol. The van der Waals surface area contributed by atoms with Gasteiger partial charge in [-0.2, -0.15) is 0 Å². The number of methoxy groups -OCH3 is 1. The molecule has 0 aromatic heterocycles. The summed E-state index contributed by atoms with van der Waals surface area (Å²) in [6.45, 7) is 1.61. The lowest BCUT2D eigenvalue weighted by Crippen LogP contribution is -2.16. The lowest BCUT2D eigenvalue weighted by atomic mass is 10.2. The zero-order valence-corrected chi connectivity index (χ0v) is 16.9. The number of aryl methyl sites for hydroxylation is 1. The molecule has 0 aliphatic rings. The molecule has 3 aromatic carbocycles. The van der Waals surface area contributed by atoms with E-state index in [0.29, 0.717) is 11.3 Å². The average molecular weight is 432 g/mol. The summed E-state index contributed by atoms with van der Waals surface area (Å²) in [5.74, 6) is -2.59. The van der Waals surface area contributed by atoms with E-state index < -0.39 is 27.6 Å². The van der Waals surface area contributed by atoms with Crippen LogP contribution in [0.3, 0.4) is 0 Å². The van der Waals surface area contributed by atoms with Gasteiger partial charge in [0.05, 0.1) is 17.7 Å². The van der Waals surface area contributed by atoms with Gasteiger partial charge in [-0.25, -0.2) is 17.2 Å². The van der Waals surface area contributed by atoms with E-state index in [0.717, 1.165) is 18.2 Å². The molecule has 3 aromatic rings. The van der Waals surface area contributed by atoms with Gasteiger partial charge in [-0.05, 0) is 55.0 Å². The van der Waals surface area contributed by atoms with Crippen LogP contribution in [-0.4, -0.2) is 21.4 Å². The normalized spacial score (nSPS) is 11.1. The van der Waals surface area contributed by atoms with Crippen LogP contribution in [0.4, 0.5) is 20.2 Å². The monoisotopic (exact) mass is 432 g/mol. The Hall–Kier alpha value is -3.46. The zero-order valence-electron chi connectivity index (χ0n) is 16.1. The lowest BCUT2D eigenvalue weighted by Gasteiger charge is -2.14. The molecule has 0 heterocycles. The van der Waals surface area contributed by atoms with Gasteiger partial charge in [0, 0.05) is 11.3 Å². The fourth-order valence-corrected chi connectivity index (χ4v) is 4.08. The number of halogens is 2. The predicted molar refractivity (Wildman–Crippen MR) is 109 cm³/mol. The van der Waals surface area contributed by atoms with Gasteiger partial charge < -0.3 is 10.1 Å². The number of anilines is 2. The second kappa shape index (κ2) is 8.50. The van der Waals surface area contributed by atoms with E-state index >= 15 is 0 Å². The molecule has 2 N–H and O–H groups in total. The largest absolute Gasteiger partial charge is 0.495 e. The fourth-order valence-electron chi connectivity index (χ4n) is 2.74. The number of ether oxygens (including phenoxy) is 1. The first-order valence-electron chi connectivity index (χ1n) is 8.74. The minimum Gasteiger partial charge on any atom is -0.495 e. The SMILES string of the molecule is COc1ccccc1NS(=O)(=O)c1cc(NC(=O)c2ccc(F)c(F)c2)ccc1C. The van der Waals surface area contributed by atoms with Crippen molar-refractivity contribution in [1.29, 1.82) is 0 Å². The summed E-state index contributed by atoms with van der Waals surface area (Å²) < 4.78 is 59.9. The summed E-state index contributed by atoms with van der Waals surface area (Å²) in [6.07, 6.45) is 0. The maximum atomic E-state index is 13.4. The third kappa shape index (κ3) is 4.57. The molecule has 0 aliphatic heterocycles. The molecule has 0 radical (unpaired) electrons. The molecule has 30 heavy (non-hydrogen) atoms. The Labute approximate surface area is 172 Å². The van der Waals surface area contributed by atoms with Gasteiger partial charge in [0.1, 0.15) is 5.75 Å². The van der Waals surface area contributed by atoms with Crippen LogP contribution in [0, 0.1) is 18.6 Å². The van der Waals surface area contributed by atoms with Gasteiger partial charge in [0.25, 0.3) is 15.9 Å². The summed E-state index contributed by atoms with van der Waals surface area (Å²) >= 11 is 0. The van der Waals surface area contributed by atoms with Crippen LogP contribution >= 0.6 is 0 Å². The van der Waals surface area contributed by atoms with Crippen LogP contribution in [0.25, 0.3) is 0 Å². The van der Waals surface area contributed by atoms with Crippen LogP contribution < -0.4 is 14.8 Å². The highest BCUT2D eigenvalue weighted by molar-refractivity contribution is 7.92. The van der Waals surface area contributed by atoms with Crippen molar-refractivity contribution in [2.24, 2.45) is 0 Å². The number of benzene rings is 3. The first-order valence-corrected chi connectivity index (χ1v) is 10.2. The fraction of sp³-hybridized carbons (Fsp3) is 0.0952. The number of sulfonamides is 1. The summed E-state index contributed by atoms with van der Waals surface area (Å²) in [4.78, 5) is 12.3. The average Bonchev–Trinajstić information content (AvgIpc) is 2.71. The number of hydrogen-bond donors (Lipinski definition) is 2. The molecule has 6 nitrogen and oxygen atoms in total. The first kappa shape index (κ1) is 21.3. The molecule has 0 saturated heterocycles. The lowest BCUT2D eigenvalue weighted by molar-refractivity contribution is 0.102. The van der Waals surface area contributed by atoms with Gasteiger partial charge in [-0.15, -0.1) is 0 Å². The summed E-state index contributed by atoms with van der Waals surface area (Å²) in [5, 5.41) is 2.49. The van der Waals surface area contributed by atoms with Crippen molar-refractivity contribution in [2.45, 2.75) is 11.8 Å². The molecule has 0 fully saturated rings. The number of rotatable bonds is 6. The molecule has 0 bridgehead atoms. The Kier molecular flexibility index (Phi) is 6.02. The van der Waals surface area contributed by atoms with E-state index in [4.69, 9.17) is 4.74 Å². The molecule has 1 amide bonds. The van der Waals surface area contributed by atoms with Crippen molar-refractivity contribution >= 4 is 27.3 Å². The molecular formula is C21H18F2N2O4S. The highest BCUT2D eigenvalue weighted by Crippen LogP contribution is 2.28. The van der Waals surface area contributed by atoms with Gasteiger partial charge in [0.2, 0.25) is 0 Å². The van der Waals surface area contributed by atoms with Crippen molar-refractivity contribution in [3.05, 3.63) is 83.4 Å². The Morgan fingerprint density at radius 2 is 1.70 bits per heavy atom. The Morgan fingerprint density at radius 1 is 0.967 bits per heavy atom. The van der Waals surface area contributed by atoms with E-state index in [1.54, 1.807) is 31.2 Å². The third-order valence-electron chi connectivity index (χ3n) is 4.27. The van der Waals surface area contributed by atoms with E-state index in [9.17, 15) is 22.0 Å². The van der Waals surface area contributed by atoms with E-state index in [1.165, 1.54) is 25.3 Å². The van der Waals surface area contributed by atoms with Gasteiger partial charge >= 0.3 is 0 Å². The van der Waals surface area contributed by atoms with Crippen LogP contribution in [0.2, 0.25) is 0 Å². The van der Waals surface area contributed by atoms with E-state index in [2.05, 4.69) is 10.0 Å². The first-order chi connectivity index (χ1) is 14.2. The number of hydrogen-bond acceptors (Lipinski definition) is 4. The number of para-hydroxylation sites is 2. The number of amides is 1. The van der Waals surface area contributed by atoms with Gasteiger partial charge in [0.15, 0.2) is 11.6 Å². The highest BCUT2D eigenvalue weighted by Gasteiger charge is 2.20.